The van der Waals surface area contributed by atoms with Crippen molar-refractivity contribution in [3.8, 4) is 0 Å². The van der Waals surface area contributed by atoms with Crippen LogP contribution in [0.1, 0.15) is 26.7 Å². The van der Waals surface area contributed by atoms with Gasteiger partial charge in [-0.3, -0.25) is 4.79 Å². The average molecular weight is 234 g/mol. The summed E-state index contributed by atoms with van der Waals surface area (Å²) in [6, 6.07) is 0. The Hall–Kier alpha value is -0.650. The Bertz CT molecular complexity index is 164. The quantitative estimate of drug-likeness (QED) is 0.565. The fourth-order valence-corrected chi connectivity index (χ4v) is 1.08. The smallest absolute Gasteiger partial charge is 0.305 e. The third-order valence-corrected chi connectivity index (χ3v) is 1.84. The molecular weight excluding hydrogens is 212 g/mol. The number of hydrogen-bond acceptors (Lipinski definition) is 5. The summed E-state index contributed by atoms with van der Waals surface area (Å²) in [6.07, 6.45) is 0.890. The predicted octanol–water partition coefficient (Wildman–Crippen LogP) is 0.744. The summed E-state index contributed by atoms with van der Waals surface area (Å²) in [7, 11) is 0. The number of esters is 1. The molecule has 0 amide bonds. The van der Waals surface area contributed by atoms with Crippen molar-refractivity contribution in [2.24, 2.45) is 0 Å². The lowest BCUT2D eigenvalue weighted by Gasteiger charge is -2.17. The molecule has 16 heavy (non-hydrogen) atoms. The van der Waals surface area contributed by atoms with E-state index < -0.39 is 0 Å². The van der Waals surface area contributed by atoms with E-state index in [4.69, 9.17) is 19.3 Å². The summed E-state index contributed by atoms with van der Waals surface area (Å²) in [5.74, 6) is -0.225. The Kier molecular flexibility index (Phi) is 10.4. The molecule has 0 rings (SSSR count). The van der Waals surface area contributed by atoms with E-state index in [0.717, 1.165) is 6.42 Å². The highest BCUT2D eigenvalue weighted by atomic mass is 16.6. The fraction of sp³-hybridized carbons (Fsp3) is 0.909. The van der Waals surface area contributed by atoms with Crippen LogP contribution in [0.25, 0.3) is 0 Å². The SMILES string of the molecule is CCCC(=O)OCC(COCC)OCCO. The zero-order chi connectivity index (χ0) is 12.2. The van der Waals surface area contributed by atoms with Crippen LogP contribution in [0.4, 0.5) is 0 Å². The molecule has 0 aliphatic rings. The number of ether oxygens (including phenoxy) is 3. The summed E-state index contributed by atoms with van der Waals surface area (Å²) in [5, 5.41) is 8.63. The Morgan fingerprint density at radius 2 is 2.06 bits per heavy atom. The predicted molar refractivity (Wildman–Crippen MR) is 59.2 cm³/mol. The number of hydrogen-bond donors (Lipinski definition) is 1. The maximum absolute atomic E-state index is 11.1. The standard InChI is InChI=1S/C11H22O5/c1-3-5-11(13)16-9-10(8-14-4-2)15-7-6-12/h10,12H,3-9H2,1-2H3. The zero-order valence-corrected chi connectivity index (χ0v) is 10.1. The van der Waals surface area contributed by atoms with E-state index in [1.165, 1.54) is 0 Å². The summed E-state index contributed by atoms with van der Waals surface area (Å²) in [6.45, 7) is 5.11. The molecule has 5 heteroatoms. The Morgan fingerprint density at radius 3 is 2.62 bits per heavy atom. The van der Waals surface area contributed by atoms with E-state index in [-0.39, 0.29) is 31.9 Å². The normalized spacial score (nSPS) is 12.4. The van der Waals surface area contributed by atoms with Gasteiger partial charge in [-0.2, -0.15) is 0 Å². The van der Waals surface area contributed by atoms with Crippen molar-refractivity contribution in [2.45, 2.75) is 32.8 Å². The van der Waals surface area contributed by atoms with Crippen LogP contribution in [0.2, 0.25) is 0 Å². The van der Waals surface area contributed by atoms with Crippen LogP contribution in [0, 0.1) is 0 Å². The van der Waals surface area contributed by atoms with Crippen LogP contribution < -0.4 is 0 Å². The van der Waals surface area contributed by atoms with Crippen LogP contribution >= 0.6 is 0 Å². The minimum atomic E-state index is -0.298. The van der Waals surface area contributed by atoms with Crippen molar-refractivity contribution in [3.63, 3.8) is 0 Å². The van der Waals surface area contributed by atoms with E-state index in [2.05, 4.69) is 0 Å². The molecule has 0 heterocycles. The minimum Gasteiger partial charge on any atom is -0.463 e. The Balaban J connectivity index is 3.75. The van der Waals surface area contributed by atoms with Crippen molar-refractivity contribution in [3.05, 3.63) is 0 Å². The topological polar surface area (TPSA) is 65.0 Å². The van der Waals surface area contributed by atoms with Crippen LogP contribution in [-0.2, 0) is 19.0 Å². The maximum atomic E-state index is 11.1. The maximum Gasteiger partial charge on any atom is 0.305 e. The van der Waals surface area contributed by atoms with Gasteiger partial charge in [-0.1, -0.05) is 6.92 Å². The van der Waals surface area contributed by atoms with Crippen molar-refractivity contribution in [1.82, 2.24) is 0 Å². The first-order valence-electron chi connectivity index (χ1n) is 5.70. The van der Waals surface area contributed by atoms with Gasteiger partial charge in [0.1, 0.15) is 12.7 Å². The molecule has 0 fully saturated rings. The number of carbonyl (C=O) groups excluding carboxylic acids is 1. The zero-order valence-electron chi connectivity index (χ0n) is 10.1. The molecule has 0 aliphatic heterocycles. The van der Waals surface area contributed by atoms with E-state index in [1.54, 1.807) is 0 Å². The lowest BCUT2D eigenvalue weighted by Crippen LogP contribution is -2.28. The molecule has 1 unspecified atom stereocenters. The van der Waals surface area contributed by atoms with Crippen LogP contribution in [-0.4, -0.2) is 50.2 Å². The highest BCUT2D eigenvalue weighted by Gasteiger charge is 2.12. The molecule has 0 saturated heterocycles. The molecule has 0 aliphatic carbocycles. The fourth-order valence-electron chi connectivity index (χ4n) is 1.08. The largest absolute Gasteiger partial charge is 0.463 e. The van der Waals surface area contributed by atoms with Gasteiger partial charge in [0.25, 0.3) is 0 Å². The molecule has 1 atom stereocenters. The highest BCUT2D eigenvalue weighted by Crippen LogP contribution is 1.98. The molecule has 0 spiro atoms. The van der Waals surface area contributed by atoms with Gasteiger partial charge in [0, 0.05) is 13.0 Å². The molecule has 0 radical (unpaired) electrons. The van der Waals surface area contributed by atoms with Crippen LogP contribution in [0.5, 0.6) is 0 Å². The van der Waals surface area contributed by atoms with Gasteiger partial charge >= 0.3 is 5.97 Å². The second-order valence-electron chi connectivity index (χ2n) is 3.31. The molecule has 96 valence electrons. The highest BCUT2D eigenvalue weighted by molar-refractivity contribution is 5.69. The van der Waals surface area contributed by atoms with E-state index in [1.807, 2.05) is 13.8 Å². The second-order valence-corrected chi connectivity index (χ2v) is 3.31. The molecule has 0 aromatic heterocycles. The van der Waals surface area contributed by atoms with Gasteiger partial charge in [-0.15, -0.1) is 0 Å². The van der Waals surface area contributed by atoms with Gasteiger partial charge in [0.05, 0.1) is 19.8 Å². The second kappa shape index (κ2) is 10.9. The number of aliphatic hydroxyl groups excluding tert-OH is 1. The first-order chi connectivity index (χ1) is 7.74. The summed E-state index contributed by atoms with van der Waals surface area (Å²) >= 11 is 0. The molecule has 0 aromatic carbocycles. The molecule has 0 bridgehead atoms. The van der Waals surface area contributed by atoms with Gasteiger partial charge < -0.3 is 19.3 Å². The molecule has 0 saturated carbocycles. The Labute approximate surface area is 96.7 Å². The van der Waals surface area contributed by atoms with Crippen LogP contribution in [0.3, 0.4) is 0 Å². The van der Waals surface area contributed by atoms with Gasteiger partial charge in [0.15, 0.2) is 0 Å². The first-order valence-corrected chi connectivity index (χ1v) is 5.70. The monoisotopic (exact) mass is 234 g/mol. The number of carbonyl (C=O) groups is 1. The third-order valence-electron chi connectivity index (χ3n) is 1.84. The first kappa shape index (κ1) is 15.3. The van der Waals surface area contributed by atoms with E-state index >= 15 is 0 Å². The lowest BCUT2D eigenvalue weighted by atomic mass is 10.3. The van der Waals surface area contributed by atoms with Gasteiger partial charge in [-0.05, 0) is 13.3 Å². The minimum absolute atomic E-state index is 0.0501. The summed E-state index contributed by atoms with van der Waals surface area (Å²) < 4.78 is 15.5. The lowest BCUT2D eigenvalue weighted by molar-refractivity contribution is -0.150. The van der Waals surface area contributed by atoms with E-state index in [9.17, 15) is 4.79 Å². The summed E-state index contributed by atoms with van der Waals surface area (Å²) in [4.78, 5) is 11.1. The van der Waals surface area contributed by atoms with Crippen molar-refractivity contribution in [1.29, 1.82) is 0 Å². The van der Waals surface area contributed by atoms with Crippen molar-refractivity contribution in [2.75, 3.05) is 33.0 Å². The average Bonchev–Trinajstić information content (AvgIpc) is 2.28. The van der Waals surface area contributed by atoms with Crippen molar-refractivity contribution < 1.29 is 24.1 Å². The molecule has 0 aromatic rings. The van der Waals surface area contributed by atoms with Gasteiger partial charge in [0.2, 0.25) is 0 Å². The third kappa shape index (κ3) is 8.64. The number of aliphatic hydroxyl groups is 1. The Morgan fingerprint density at radius 1 is 1.31 bits per heavy atom. The van der Waals surface area contributed by atoms with E-state index in [0.29, 0.717) is 19.6 Å². The molecule has 1 N–H and O–H groups in total. The molecular formula is C11H22O5. The summed E-state index contributed by atoms with van der Waals surface area (Å²) in [5.41, 5.74) is 0. The number of rotatable bonds is 10. The molecule has 5 nitrogen and oxygen atoms in total. The van der Waals surface area contributed by atoms with Crippen molar-refractivity contribution >= 4 is 5.97 Å². The van der Waals surface area contributed by atoms with Crippen LogP contribution in [0.15, 0.2) is 0 Å². The van der Waals surface area contributed by atoms with Gasteiger partial charge in [-0.25, -0.2) is 0 Å².